The molecule has 124 valence electrons. The Labute approximate surface area is 123 Å². The molecule has 4 N–H and O–H groups in total. The summed E-state index contributed by atoms with van der Waals surface area (Å²) in [7, 11) is -8.44. The van der Waals surface area contributed by atoms with Crippen LogP contribution in [0, 0.1) is 11.8 Å². The highest BCUT2D eigenvalue weighted by Crippen LogP contribution is 2.36. The topological polar surface area (TPSA) is 151 Å². The maximum atomic E-state index is 10.0. The summed E-state index contributed by atoms with van der Waals surface area (Å²) in [6, 6.07) is 0. The second-order valence-electron chi connectivity index (χ2n) is 4.36. The van der Waals surface area contributed by atoms with Crippen molar-refractivity contribution in [3.63, 3.8) is 0 Å². The van der Waals surface area contributed by atoms with Gasteiger partial charge in [0.25, 0.3) is 0 Å². The van der Waals surface area contributed by atoms with Gasteiger partial charge in [0, 0.05) is 0 Å². The van der Waals surface area contributed by atoms with E-state index < -0.39 is 15.6 Å². The maximum Gasteiger partial charge on any atom is 0.469 e. The van der Waals surface area contributed by atoms with E-state index in [-0.39, 0.29) is 25.0 Å². The summed E-state index contributed by atoms with van der Waals surface area (Å²) in [6.07, 6.45) is 0. The first-order valence-electron chi connectivity index (χ1n) is 5.40. The second kappa shape index (κ2) is 12.9. The summed E-state index contributed by atoms with van der Waals surface area (Å²) in [5, 5.41) is 0. The Balaban J connectivity index is -0.000000257. The minimum Gasteiger partial charge on any atom is -0.303 e. The van der Waals surface area contributed by atoms with E-state index in [0.717, 1.165) is 0 Å². The van der Waals surface area contributed by atoms with E-state index in [1.165, 1.54) is 0 Å². The number of hydrogen-bond donors (Lipinski definition) is 4. The standard InChI is InChI=1S/2C4H11O4P.OS/c2*1-4(2)3-8-9(5,6)7;1-2/h2*4H,3H2,1-2H3,(H2,5,6,7);. The first-order valence-corrected chi connectivity index (χ1v) is 8.79. The molecule has 9 nitrogen and oxygen atoms in total. The van der Waals surface area contributed by atoms with Gasteiger partial charge in [-0.05, 0) is 11.8 Å². The highest BCUT2D eigenvalue weighted by molar-refractivity contribution is 7.46. The molecular formula is C8H22O9P2S. The van der Waals surface area contributed by atoms with Gasteiger partial charge in [0.1, 0.15) is 0 Å². The van der Waals surface area contributed by atoms with Crippen molar-refractivity contribution in [2.24, 2.45) is 11.8 Å². The lowest BCUT2D eigenvalue weighted by atomic mass is 10.2. The molecule has 20 heavy (non-hydrogen) atoms. The highest BCUT2D eigenvalue weighted by atomic mass is 32.1. The number of hydrogen-bond acceptors (Lipinski definition) is 6. The van der Waals surface area contributed by atoms with Gasteiger partial charge < -0.3 is 19.6 Å². The van der Waals surface area contributed by atoms with Gasteiger partial charge in [-0.15, -0.1) is 0 Å². The second-order valence-corrected chi connectivity index (χ2v) is 6.84. The summed E-state index contributed by atoms with van der Waals surface area (Å²) in [4.78, 5) is 32.6. The van der Waals surface area contributed by atoms with Gasteiger partial charge in [0.15, 0.2) is 12.5 Å². The fraction of sp³-hybridized carbons (Fsp3) is 1.00. The summed E-state index contributed by atoms with van der Waals surface area (Å²) < 4.78 is 36.2. The molecule has 0 unspecified atom stereocenters. The zero-order chi connectivity index (χ0) is 17.0. The largest absolute Gasteiger partial charge is 0.469 e. The van der Waals surface area contributed by atoms with Gasteiger partial charge in [-0.25, -0.2) is 9.13 Å². The lowest BCUT2D eigenvalue weighted by Crippen LogP contribution is -1.99. The lowest BCUT2D eigenvalue weighted by Gasteiger charge is -2.06. The third-order valence-electron chi connectivity index (χ3n) is 1.15. The lowest BCUT2D eigenvalue weighted by molar-refractivity contribution is 0.176. The molecule has 0 aromatic rings. The van der Waals surface area contributed by atoms with Gasteiger partial charge in [-0.3, -0.25) is 9.05 Å². The average molecular weight is 356 g/mol. The van der Waals surface area contributed by atoms with E-state index in [2.05, 4.69) is 21.6 Å². The van der Waals surface area contributed by atoms with Crippen molar-refractivity contribution in [3.05, 3.63) is 0 Å². The average Bonchev–Trinajstić information content (AvgIpc) is 2.26. The van der Waals surface area contributed by atoms with E-state index in [1.54, 1.807) is 0 Å². The summed E-state index contributed by atoms with van der Waals surface area (Å²) in [6.45, 7) is 7.46. The zero-order valence-corrected chi connectivity index (χ0v) is 14.3. The Morgan fingerprint density at radius 1 is 0.800 bits per heavy atom. The first-order chi connectivity index (χ1) is 8.83. The maximum absolute atomic E-state index is 10.0. The Morgan fingerprint density at radius 3 is 1.05 bits per heavy atom. The monoisotopic (exact) mass is 356 g/mol. The molecule has 0 spiro atoms. The van der Waals surface area contributed by atoms with Crippen molar-refractivity contribution >= 4 is 28.2 Å². The van der Waals surface area contributed by atoms with Crippen LogP contribution in [-0.4, -0.2) is 37.0 Å². The molecule has 0 saturated heterocycles. The molecule has 0 amide bonds. The van der Waals surface area contributed by atoms with Gasteiger partial charge in [0.05, 0.1) is 13.2 Å². The fourth-order valence-electron chi connectivity index (χ4n) is 0.492. The van der Waals surface area contributed by atoms with Crippen molar-refractivity contribution in [2.75, 3.05) is 13.2 Å². The quantitative estimate of drug-likeness (QED) is 0.510. The highest BCUT2D eigenvalue weighted by Gasteiger charge is 2.14. The molecule has 0 aromatic heterocycles. The number of phosphoric acid groups is 2. The molecule has 0 aliphatic heterocycles. The molecule has 12 heteroatoms. The molecule has 0 aliphatic rings. The van der Waals surface area contributed by atoms with Crippen LogP contribution in [0.15, 0.2) is 0 Å². The molecule has 0 radical (unpaired) electrons. The molecule has 0 atom stereocenters. The van der Waals surface area contributed by atoms with Crippen LogP contribution in [0.4, 0.5) is 0 Å². The fourth-order valence-corrected chi connectivity index (χ4v) is 1.48. The molecule has 0 fully saturated rings. The Kier molecular flexibility index (Phi) is 16.3. The Hall–Kier alpha value is 0.240. The van der Waals surface area contributed by atoms with Crippen LogP contribution < -0.4 is 0 Å². The molecule has 0 saturated carbocycles. The van der Waals surface area contributed by atoms with E-state index >= 15 is 0 Å². The van der Waals surface area contributed by atoms with Crippen molar-refractivity contribution < 1.29 is 42.0 Å². The van der Waals surface area contributed by atoms with Crippen molar-refractivity contribution in [3.8, 4) is 0 Å². The van der Waals surface area contributed by atoms with E-state index in [9.17, 15) is 9.13 Å². The van der Waals surface area contributed by atoms with Gasteiger partial charge in [0.2, 0.25) is 0 Å². The van der Waals surface area contributed by atoms with Gasteiger partial charge in [-0.2, -0.15) is 4.21 Å². The van der Waals surface area contributed by atoms with Gasteiger partial charge in [-0.1, -0.05) is 27.7 Å². The predicted molar refractivity (Wildman–Crippen MR) is 73.8 cm³/mol. The van der Waals surface area contributed by atoms with Crippen LogP contribution in [-0.2, 0) is 30.7 Å². The Bertz CT molecular complexity index is 281. The van der Waals surface area contributed by atoms with Crippen molar-refractivity contribution in [2.45, 2.75) is 27.7 Å². The number of rotatable bonds is 6. The summed E-state index contributed by atoms with van der Waals surface area (Å²) in [5.41, 5.74) is 0. The third-order valence-corrected chi connectivity index (χ3v) is 2.12. The van der Waals surface area contributed by atoms with Crippen LogP contribution >= 0.6 is 15.6 Å². The zero-order valence-electron chi connectivity index (χ0n) is 11.7. The normalized spacial score (nSPS) is 11.5. The molecule has 0 heterocycles. The molecule has 0 rings (SSSR count). The van der Waals surface area contributed by atoms with E-state index in [4.69, 9.17) is 23.8 Å². The molecule has 0 aromatic carbocycles. The van der Waals surface area contributed by atoms with Gasteiger partial charge >= 0.3 is 15.6 Å². The van der Waals surface area contributed by atoms with E-state index in [0.29, 0.717) is 0 Å². The SMILES string of the molecule is CC(C)COP(=O)(O)O.CC(C)COP(=O)(O)O.O=S. The third kappa shape index (κ3) is 36.2. The number of phosphoric ester groups is 2. The molecule has 0 aliphatic carbocycles. The van der Waals surface area contributed by atoms with Crippen LogP contribution in [0.1, 0.15) is 27.7 Å². The van der Waals surface area contributed by atoms with Crippen LogP contribution in [0.5, 0.6) is 0 Å². The van der Waals surface area contributed by atoms with E-state index in [1.807, 2.05) is 27.7 Å². The van der Waals surface area contributed by atoms with Crippen LogP contribution in [0.3, 0.4) is 0 Å². The summed E-state index contributed by atoms with van der Waals surface area (Å²) in [5.74, 6) is 0.301. The minimum atomic E-state index is -4.22. The van der Waals surface area contributed by atoms with Crippen molar-refractivity contribution in [1.29, 1.82) is 0 Å². The van der Waals surface area contributed by atoms with Crippen molar-refractivity contribution in [1.82, 2.24) is 0 Å². The molecule has 0 bridgehead atoms. The summed E-state index contributed by atoms with van der Waals surface area (Å²) >= 11 is 2.83. The first kappa shape index (κ1) is 25.2. The van der Waals surface area contributed by atoms with Crippen LogP contribution in [0.2, 0.25) is 0 Å². The minimum absolute atomic E-state index is 0.101. The predicted octanol–water partition coefficient (Wildman–Crippen LogP) is 1.17. The molecular weight excluding hydrogens is 334 g/mol. The van der Waals surface area contributed by atoms with Crippen LogP contribution in [0.25, 0.3) is 0 Å². The smallest absolute Gasteiger partial charge is 0.303 e. The Morgan fingerprint density at radius 2 is 1.00 bits per heavy atom.